The van der Waals surface area contributed by atoms with Crippen LogP contribution in [0.3, 0.4) is 0 Å². The van der Waals surface area contributed by atoms with Gasteiger partial charge in [0, 0.05) is 30.6 Å². The fraction of sp³-hybridized carbons (Fsp3) is 0.222. The molecule has 0 aliphatic carbocycles. The summed E-state index contributed by atoms with van der Waals surface area (Å²) >= 11 is 0. The van der Waals surface area contributed by atoms with Crippen LogP contribution in [0.5, 0.6) is 0 Å². The summed E-state index contributed by atoms with van der Waals surface area (Å²) in [5.74, 6) is -1.57. The number of hydrogen-bond acceptors (Lipinski definition) is 7. The van der Waals surface area contributed by atoms with Crippen molar-refractivity contribution in [3.8, 4) is 0 Å². The third kappa shape index (κ3) is 5.52. The van der Waals surface area contributed by atoms with Gasteiger partial charge in [0.1, 0.15) is 5.82 Å². The summed E-state index contributed by atoms with van der Waals surface area (Å²) in [6.45, 7) is 1.73. The number of halogens is 1. The van der Waals surface area contributed by atoms with Gasteiger partial charge in [0.25, 0.3) is 5.91 Å². The van der Waals surface area contributed by atoms with Gasteiger partial charge in [-0.1, -0.05) is 54.6 Å². The molecule has 1 aromatic heterocycles. The first-order valence-corrected chi connectivity index (χ1v) is 12.1. The molecule has 194 valence electrons. The van der Waals surface area contributed by atoms with Gasteiger partial charge in [-0.2, -0.15) is 4.39 Å². The minimum atomic E-state index is -1.18. The van der Waals surface area contributed by atoms with E-state index in [1.165, 1.54) is 6.07 Å². The van der Waals surface area contributed by atoms with Crippen molar-refractivity contribution in [1.82, 2.24) is 21.2 Å². The number of nitrogens with zero attached hydrogens (tertiary/aromatic N) is 3. The largest absolute Gasteiger partial charge is 0.378 e. The number of hydrazine groups is 1. The van der Waals surface area contributed by atoms with Gasteiger partial charge in [0.05, 0.1) is 24.5 Å². The average Bonchev–Trinajstić information content (AvgIpc) is 3.08. The Morgan fingerprint density at radius 2 is 1.68 bits per heavy atom. The molecule has 1 fully saturated rings. The fourth-order valence-electron chi connectivity index (χ4n) is 4.36. The number of carbonyl (C=O) groups excluding carboxylic acids is 3. The Morgan fingerprint density at radius 3 is 2.47 bits per heavy atom. The third-order valence-corrected chi connectivity index (χ3v) is 6.20. The van der Waals surface area contributed by atoms with Gasteiger partial charge in [-0.05, 0) is 17.7 Å². The first-order valence-electron chi connectivity index (χ1n) is 12.1. The summed E-state index contributed by atoms with van der Waals surface area (Å²) in [5.41, 5.74) is 7.62. The Morgan fingerprint density at radius 1 is 0.947 bits per heavy atom. The molecule has 0 radical (unpaired) electrons. The Bertz CT molecular complexity index is 1390. The van der Waals surface area contributed by atoms with E-state index >= 15 is 0 Å². The van der Waals surface area contributed by atoms with Gasteiger partial charge in [0.15, 0.2) is 11.9 Å². The number of rotatable bonds is 4. The number of carbonyl (C=O) groups is 3. The van der Waals surface area contributed by atoms with Crippen LogP contribution in [0.15, 0.2) is 71.7 Å². The van der Waals surface area contributed by atoms with Crippen molar-refractivity contribution in [2.24, 2.45) is 4.99 Å². The number of aromatic nitrogens is 1. The molecular formula is C27H25FN6O4. The number of ketones is 1. The lowest BCUT2D eigenvalue weighted by Crippen LogP contribution is -2.51. The third-order valence-electron chi connectivity index (χ3n) is 6.20. The van der Waals surface area contributed by atoms with Gasteiger partial charge < -0.3 is 15.0 Å². The maximum atomic E-state index is 13.8. The number of Topliss-reactive ketones (excluding diaryl/α,β-unsaturated/α-hetero) is 1. The van der Waals surface area contributed by atoms with Crippen molar-refractivity contribution in [3.05, 3.63) is 94.9 Å². The highest BCUT2D eigenvalue weighted by Crippen LogP contribution is 2.22. The van der Waals surface area contributed by atoms with Gasteiger partial charge in [-0.3, -0.25) is 20.0 Å². The number of aliphatic imine (C=N–C) groups is 1. The predicted octanol–water partition coefficient (Wildman–Crippen LogP) is 1.99. The van der Waals surface area contributed by atoms with Crippen molar-refractivity contribution in [3.63, 3.8) is 0 Å². The summed E-state index contributed by atoms with van der Waals surface area (Å²) in [6.07, 6.45) is -1.09. The molecule has 38 heavy (non-hydrogen) atoms. The second kappa shape index (κ2) is 11.2. The number of nitrogens with one attached hydrogen (secondary N) is 3. The molecule has 1 atom stereocenters. The van der Waals surface area contributed by atoms with Crippen molar-refractivity contribution in [2.75, 3.05) is 31.2 Å². The van der Waals surface area contributed by atoms with E-state index in [1.54, 1.807) is 4.90 Å². The minimum absolute atomic E-state index is 0.0808. The van der Waals surface area contributed by atoms with Crippen LogP contribution in [-0.2, 0) is 16.0 Å². The summed E-state index contributed by atoms with van der Waals surface area (Å²) < 4.78 is 19.1. The van der Waals surface area contributed by atoms with Gasteiger partial charge in [-0.15, -0.1) is 0 Å². The maximum absolute atomic E-state index is 13.8. The molecule has 0 unspecified atom stereocenters. The highest BCUT2D eigenvalue weighted by atomic mass is 19.1. The molecule has 3 heterocycles. The number of hydrogen-bond donors (Lipinski definition) is 3. The van der Waals surface area contributed by atoms with Crippen molar-refractivity contribution >= 4 is 29.3 Å². The molecule has 3 N–H and O–H groups in total. The molecule has 0 saturated carbocycles. The quantitative estimate of drug-likeness (QED) is 0.360. The van der Waals surface area contributed by atoms with E-state index in [9.17, 15) is 18.8 Å². The van der Waals surface area contributed by atoms with Gasteiger partial charge in [0.2, 0.25) is 5.95 Å². The summed E-state index contributed by atoms with van der Waals surface area (Å²) in [5, 5.41) is 2.53. The van der Waals surface area contributed by atoms with Crippen LogP contribution in [0.1, 0.15) is 27.0 Å². The molecular weight excluding hydrogens is 491 g/mol. The fourth-order valence-corrected chi connectivity index (χ4v) is 4.36. The lowest BCUT2D eigenvalue weighted by Gasteiger charge is -2.29. The number of pyridine rings is 1. The summed E-state index contributed by atoms with van der Waals surface area (Å²) in [4.78, 5) is 48.8. The molecule has 2 aromatic carbocycles. The summed E-state index contributed by atoms with van der Waals surface area (Å²) in [7, 11) is 0. The molecule has 3 aromatic rings. The molecule has 2 aliphatic heterocycles. The van der Waals surface area contributed by atoms with E-state index in [0.29, 0.717) is 32.0 Å². The van der Waals surface area contributed by atoms with E-state index in [1.807, 2.05) is 54.6 Å². The lowest BCUT2D eigenvalue weighted by atomic mass is 9.96. The Hall–Kier alpha value is -4.64. The van der Waals surface area contributed by atoms with Gasteiger partial charge in [-0.25, -0.2) is 15.2 Å². The molecule has 3 amide bonds. The van der Waals surface area contributed by atoms with E-state index in [-0.39, 0.29) is 23.6 Å². The van der Waals surface area contributed by atoms with Crippen molar-refractivity contribution < 1.29 is 23.5 Å². The van der Waals surface area contributed by atoms with Crippen LogP contribution >= 0.6 is 0 Å². The molecule has 0 bridgehead atoms. The second-order valence-corrected chi connectivity index (χ2v) is 8.70. The van der Waals surface area contributed by atoms with Gasteiger partial charge >= 0.3 is 6.03 Å². The topological polar surface area (TPSA) is 125 Å². The molecule has 1 saturated heterocycles. The Balaban J connectivity index is 1.31. The SMILES string of the molecule is O=C(NNC(=O)c1ccc(F)nc1N1CCOCC1)N[C@H]1N=C(c2ccccc2)c2ccccc2CC1=O. The first-order chi connectivity index (χ1) is 18.5. The number of amides is 3. The van der Waals surface area contributed by atoms with Crippen LogP contribution in [0.2, 0.25) is 0 Å². The second-order valence-electron chi connectivity index (χ2n) is 8.70. The standard InChI is InChI=1S/C27H25FN6O4/c28-22-11-10-20(25(29-22)34-12-14-38-15-13-34)26(36)32-33-27(37)31-24-21(35)16-18-8-4-5-9-19(18)23(30-24)17-6-2-1-3-7-17/h1-11,24H,12-16H2,(H,32,36)(H2,31,33,37)/t24-/m1/s1. The highest BCUT2D eigenvalue weighted by molar-refractivity contribution is 6.16. The number of anilines is 1. The summed E-state index contributed by atoms with van der Waals surface area (Å²) in [6, 6.07) is 18.4. The number of ether oxygens (including phenoxy) is 1. The van der Waals surface area contributed by atoms with Crippen LogP contribution in [0.4, 0.5) is 15.0 Å². The molecule has 5 rings (SSSR count). The molecule has 2 aliphatic rings. The van der Waals surface area contributed by atoms with Crippen LogP contribution in [0.25, 0.3) is 0 Å². The predicted molar refractivity (Wildman–Crippen MR) is 137 cm³/mol. The zero-order chi connectivity index (χ0) is 26.5. The highest BCUT2D eigenvalue weighted by Gasteiger charge is 2.27. The monoisotopic (exact) mass is 516 g/mol. The van der Waals surface area contributed by atoms with E-state index in [4.69, 9.17) is 4.74 Å². The first kappa shape index (κ1) is 25.0. The van der Waals surface area contributed by atoms with E-state index < -0.39 is 24.1 Å². The number of benzene rings is 2. The zero-order valence-electron chi connectivity index (χ0n) is 20.3. The number of urea groups is 1. The Kier molecular flexibility index (Phi) is 7.36. The van der Waals surface area contributed by atoms with Crippen molar-refractivity contribution in [2.45, 2.75) is 12.6 Å². The zero-order valence-corrected chi connectivity index (χ0v) is 20.3. The molecule has 10 nitrogen and oxygen atoms in total. The number of fused-ring (bicyclic) bond motifs is 1. The van der Waals surface area contributed by atoms with Crippen LogP contribution in [0, 0.1) is 5.95 Å². The van der Waals surface area contributed by atoms with Crippen LogP contribution < -0.4 is 21.1 Å². The van der Waals surface area contributed by atoms with E-state index in [2.05, 4.69) is 26.1 Å². The average molecular weight is 517 g/mol. The van der Waals surface area contributed by atoms with Crippen LogP contribution in [-0.4, -0.2) is 60.9 Å². The smallest absolute Gasteiger partial charge is 0.335 e. The van der Waals surface area contributed by atoms with E-state index in [0.717, 1.165) is 22.8 Å². The molecule has 11 heteroatoms. The number of morpholine rings is 1. The maximum Gasteiger partial charge on any atom is 0.335 e. The van der Waals surface area contributed by atoms with Crippen molar-refractivity contribution in [1.29, 1.82) is 0 Å². The normalized spacial score (nSPS) is 17.1. The minimum Gasteiger partial charge on any atom is -0.378 e. The Labute approximate surface area is 217 Å². The molecule has 0 spiro atoms. The lowest BCUT2D eigenvalue weighted by molar-refractivity contribution is -0.120.